The number of hydrogen-bond acceptors (Lipinski definition) is 2. The number of halogens is 1. The van der Waals surface area contributed by atoms with Crippen molar-refractivity contribution in [2.45, 2.75) is 25.8 Å². The Bertz CT molecular complexity index is 669. The Morgan fingerprint density at radius 3 is 2.90 bits per heavy atom. The van der Waals surface area contributed by atoms with Crippen molar-refractivity contribution in [2.75, 3.05) is 0 Å². The predicted molar refractivity (Wildman–Crippen MR) is 73.9 cm³/mol. The lowest BCUT2D eigenvalue weighted by Crippen LogP contribution is -2.28. The van der Waals surface area contributed by atoms with Gasteiger partial charge in [0.2, 0.25) is 0 Å². The van der Waals surface area contributed by atoms with Crippen LogP contribution in [0.4, 0.5) is 4.39 Å². The Kier molecular flexibility index (Phi) is 3.22. The number of aromatic nitrogens is 1. The molecule has 1 amide bonds. The maximum Gasteiger partial charge on any atom is 0.270 e. The van der Waals surface area contributed by atoms with Gasteiger partial charge in [-0.1, -0.05) is 18.2 Å². The average molecular weight is 270 g/mol. The van der Waals surface area contributed by atoms with Gasteiger partial charge in [-0.3, -0.25) is 4.79 Å². The summed E-state index contributed by atoms with van der Waals surface area (Å²) in [6, 6.07) is 10.2. The number of carbonyl (C=O) groups excluding carboxylic acids is 1. The van der Waals surface area contributed by atoms with Crippen LogP contribution in [0.15, 0.2) is 36.4 Å². The Balaban J connectivity index is 1.81. The van der Waals surface area contributed by atoms with Gasteiger partial charge in [0.15, 0.2) is 0 Å². The smallest absolute Gasteiger partial charge is 0.270 e. The van der Waals surface area contributed by atoms with Gasteiger partial charge in [-0.2, -0.15) is 0 Å². The molecule has 1 heterocycles. The second-order valence-electron chi connectivity index (χ2n) is 5.04. The van der Waals surface area contributed by atoms with Crippen LogP contribution in [0.2, 0.25) is 0 Å². The van der Waals surface area contributed by atoms with E-state index in [4.69, 9.17) is 0 Å². The molecule has 1 aromatic carbocycles. The highest BCUT2D eigenvalue weighted by Gasteiger charge is 2.26. The number of benzene rings is 1. The van der Waals surface area contributed by atoms with Crippen LogP contribution >= 0.6 is 0 Å². The fourth-order valence-corrected chi connectivity index (χ4v) is 2.66. The van der Waals surface area contributed by atoms with Crippen molar-refractivity contribution in [1.82, 2.24) is 10.3 Å². The summed E-state index contributed by atoms with van der Waals surface area (Å²) < 4.78 is 13.7. The number of pyridine rings is 1. The molecule has 20 heavy (non-hydrogen) atoms. The van der Waals surface area contributed by atoms with E-state index in [1.165, 1.54) is 6.07 Å². The van der Waals surface area contributed by atoms with E-state index in [1.807, 2.05) is 19.1 Å². The summed E-state index contributed by atoms with van der Waals surface area (Å²) in [4.78, 5) is 16.4. The first-order valence-electron chi connectivity index (χ1n) is 6.67. The minimum absolute atomic E-state index is 0.129. The summed E-state index contributed by atoms with van der Waals surface area (Å²) in [6.07, 6.45) is 1.39. The molecule has 0 bridgehead atoms. The molecule has 0 saturated heterocycles. The number of nitrogens with one attached hydrogen (secondary N) is 1. The molecule has 102 valence electrons. The Morgan fingerprint density at radius 1 is 1.30 bits per heavy atom. The molecule has 0 aliphatic heterocycles. The molecule has 4 heteroatoms. The fraction of sp³-hybridized carbons (Fsp3) is 0.250. The predicted octanol–water partition coefficient (Wildman–Crippen LogP) is 2.95. The van der Waals surface area contributed by atoms with E-state index in [2.05, 4.69) is 10.3 Å². The van der Waals surface area contributed by atoms with Crippen molar-refractivity contribution < 1.29 is 9.18 Å². The Labute approximate surface area is 116 Å². The van der Waals surface area contributed by atoms with Gasteiger partial charge < -0.3 is 5.32 Å². The van der Waals surface area contributed by atoms with Gasteiger partial charge in [0.05, 0.1) is 6.04 Å². The molecule has 1 aromatic heterocycles. The van der Waals surface area contributed by atoms with Gasteiger partial charge in [-0.25, -0.2) is 9.37 Å². The first-order valence-corrected chi connectivity index (χ1v) is 6.67. The second kappa shape index (κ2) is 5.04. The maximum absolute atomic E-state index is 13.7. The van der Waals surface area contributed by atoms with E-state index in [0.29, 0.717) is 12.1 Å². The van der Waals surface area contributed by atoms with Crippen LogP contribution in [0.1, 0.15) is 39.8 Å². The van der Waals surface area contributed by atoms with Crippen LogP contribution in [0.25, 0.3) is 0 Å². The van der Waals surface area contributed by atoms with Gasteiger partial charge in [0.1, 0.15) is 11.5 Å². The normalized spacial score (nSPS) is 16.8. The fourth-order valence-electron chi connectivity index (χ4n) is 2.66. The zero-order valence-electron chi connectivity index (χ0n) is 11.2. The van der Waals surface area contributed by atoms with Crippen LogP contribution in [-0.2, 0) is 6.42 Å². The summed E-state index contributed by atoms with van der Waals surface area (Å²) in [6.45, 7) is 1.84. The molecule has 0 spiro atoms. The number of nitrogens with zero attached hydrogens (tertiary/aromatic N) is 1. The number of amides is 1. The number of hydrogen-bond donors (Lipinski definition) is 1. The molecule has 3 nitrogen and oxygen atoms in total. The minimum Gasteiger partial charge on any atom is -0.344 e. The summed E-state index contributed by atoms with van der Waals surface area (Å²) in [5.74, 6) is -0.399. The van der Waals surface area contributed by atoms with Crippen LogP contribution in [0.5, 0.6) is 0 Å². The molecule has 2 aromatic rings. The molecule has 0 radical (unpaired) electrons. The van der Waals surface area contributed by atoms with E-state index >= 15 is 0 Å². The lowest BCUT2D eigenvalue weighted by atomic mass is 10.1. The van der Waals surface area contributed by atoms with Crippen LogP contribution in [0, 0.1) is 12.7 Å². The van der Waals surface area contributed by atoms with Crippen LogP contribution in [0.3, 0.4) is 0 Å². The standard InChI is InChI=1S/C16H15FN2O/c1-10-4-2-7-15(18-10)16(20)19-14-9-8-11-12(14)5-3-6-13(11)17/h2-7,14H,8-9H2,1H3,(H,19,20). The first-order chi connectivity index (χ1) is 9.65. The molecule has 1 unspecified atom stereocenters. The maximum atomic E-state index is 13.7. The van der Waals surface area contributed by atoms with Crippen molar-refractivity contribution >= 4 is 5.91 Å². The molecule has 1 atom stereocenters. The number of rotatable bonds is 2. The molecule has 0 fully saturated rings. The lowest BCUT2D eigenvalue weighted by Gasteiger charge is -2.14. The van der Waals surface area contributed by atoms with Crippen molar-refractivity contribution in [1.29, 1.82) is 0 Å². The van der Waals surface area contributed by atoms with Gasteiger partial charge in [-0.05, 0) is 49.1 Å². The summed E-state index contributed by atoms with van der Waals surface area (Å²) in [7, 11) is 0. The lowest BCUT2D eigenvalue weighted by molar-refractivity contribution is 0.0931. The van der Waals surface area contributed by atoms with E-state index in [-0.39, 0.29) is 17.8 Å². The van der Waals surface area contributed by atoms with E-state index in [1.54, 1.807) is 18.2 Å². The quantitative estimate of drug-likeness (QED) is 0.911. The third-order valence-electron chi connectivity index (χ3n) is 3.64. The SMILES string of the molecule is Cc1cccc(C(=O)NC2CCc3c(F)cccc32)n1. The van der Waals surface area contributed by atoms with Crippen molar-refractivity contribution in [3.63, 3.8) is 0 Å². The third kappa shape index (κ3) is 2.29. The molecule has 1 aliphatic carbocycles. The van der Waals surface area contributed by atoms with Crippen molar-refractivity contribution in [3.8, 4) is 0 Å². The minimum atomic E-state index is -0.212. The Morgan fingerprint density at radius 2 is 2.10 bits per heavy atom. The van der Waals surface area contributed by atoms with Crippen LogP contribution in [-0.4, -0.2) is 10.9 Å². The van der Waals surface area contributed by atoms with Crippen molar-refractivity contribution in [3.05, 3.63) is 64.7 Å². The zero-order valence-corrected chi connectivity index (χ0v) is 11.2. The van der Waals surface area contributed by atoms with Gasteiger partial charge in [-0.15, -0.1) is 0 Å². The molecule has 3 rings (SSSR count). The monoisotopic (exact) mass is 270 g/mol. The summed E-state index contributed by atoms with van der Waals surface area (Å²) in [5, 5.41) is 2.94. The largest absolute Gasteiger partial charge is 0.344 e. The van der Waals surface area contributed by atoms with Gasteiger partial charge >= 0.3 is 0 Å². The number of aryl methyl sites for hydroxylation is 1. The number of carbonyl (C=O) groups is 1. The highest BCUT2D eigenvalue weighted by atomic mass is 19.1. The molecular formula is C16H15FN2O. The van der Waals surface area contributed by atoms with E-state index < -0.39 is 0 Å². The van der Waals surface area contributed by atoms with Gasteiger partial charge in [0.25, 0.3) is 5.91 Å². The average Bonchev–Trinajstić information content (AvgIpc) is 2.83. The van der Waals surface area contributed by atoms with Crippen molar-refractivity contribution in [2.24, 2.45) is 0 Å². The topological polar surface area (TPSA) is 42.0 Å². The van der Waals surface area contributed by atoms with Crippen LogP contribution < -0.4 is 5.32 Å². The molecule has 1 aliphatic rings. The number of fused-ring (bicyclic) bond motifs is 1. The van der Waals surface area contributed by atoms with E-state index in [0.717, 1.165) is 23.2 Å². The van der Waals surface area contributed by atoms with Gasteiger partial charge in [0, 0.05) is 5.69 Å². The zero-order chi connectivity index (χ0) is 14.1. The molecular weight excluding hydrogens is 255 g/mol. The van der Waals surface area contributed by atoms with E-state index in [9.17, 15) is 9.18 Å². The molecule has 0 saturated carbocycles. The Hall–Kier alpha value is -2.23. The highest BCUT2D eigenvalue weighted by molar-refractivity contribution is 5.92. The summed E-state index contributed by atoms with van der Waals surface area (Å²) >= 11 is 0. The molecule has 1 N–H and O–H groups in total. The highest BCUT2D eigenvalue weighted by Crippen LogP contribution is 2.32. The summed E-state index contributed by atoms with van der Waals surface area (Å²) in [5.41, 5.74) is 2.80. The third-order valence-corrected chi connectivity index (χ3v) is 3.64. The first kappa shape index (κ1) is 12.8. The second-order valence-corrected chi connectivity index (χ2v) is 5.04.